The summed E-state index contributed by atoms with van der Waals surface area (Å²) < 4.78 is 2.39. The Morgan fingerprint density at radius 2 is 2.14 bits per heavy atom. The number of fused-ring (bicyclic) bond motifs is 1. The molecule has 0 N–H and O–H groups in total. The van der Waals surface area contributed by atoms with Gasteiger partial charge in [0.1, 0.15) is 11.3 Å². The normalized spacial score (nSPS) is 26.4. The molecule has 2 aromatic heterocycles. The molecule has 1 aliphatic carbocycles. The predicted octanol–water partition coefficient (Wildman–Crippen LogP) is 4.52. The maximum atomic E-state index is 6.00. The number of imidazole rings is 1. The highest BCUT2D eigenvalue weighted by molar-refractivity contribution is 6.17. The van der Waals surface area contributed by atoms with E-state index in [1.54, 1.807) is 0 Å². The quantitative estimate of drug-likeness (QED) is 0.781. The first kappa shape index (κ1) is 14.8. The van der Waals surface area contributed by atoms with Crippen molar-refractivity contribution in [3.8, 4) is 0 Å². The van der Waals surface area contributed by atoms with E-state index in [1.165, 1.54) is 24.8 Å². The summed E-state index contributed by atoms with van der Waals surface area (Å²) in [5, 5.41) is 0. The molecule has 1 saturated carbocycles. The summed E-state index contributed by atoms with van der Waals surface area (Å²) >= 11 is 6.00. The molecule has 4 heteroatoms. The van der Waals surface area contributed by atoms with Crippen LogP contribution in [0.2, 0.25) is 0 Å². The van der Waals surface area contributed by atoms with E-state index in [2.05, 4.69) is 30.3 Å². The van der Waals surface area contributed by atoms with Crippen molar-refractivity contribution in [3.05, 3.63) is 23.7 Å². The molecule has 3 atom stereocenters. The topological polar surface area (TPSA) is 30.7 Å². The lowest BCUT2D eigenvalue weighted by Gasteiger charge is -2.34. The number of nitrogens with zero attached hydrogens (tertiary/aromatic N) is 3. The monoisotopic (exact) mass is 305 g/mol. The molecule has 3 nitrogen and oxygen atoms in total. The van der Waals surface area contributed by atoms with Gasteiger partial charge in [0.2, 0.25) is 0 Å². The summed E-state index contributed by atoms with van der Waals surface area (Å²) in [6.45, 7) is 6.84. The lowest BCUT2D eigenvalue weighted by molar-refractivity contribution is 0.207. The van der Waals surface area contributed by atoms with E-state index in [-0.39, 0.29) is 0 Å². The van der Waals surface area contributed by atoms with Crippen LogP contribution in [-0.2, 0) is 6.42 Å². The fourth-order valence-electron chi connectivity index (χ4n) is 3.80. The fourth-order valence-corrected chi connectivity index (χ4v) is 3.97. The second-order valence-electron chi connectivity index (χ2n) is 6.60. The lowest BCUT2D eigenvalue weighted by Crippen LogP contribution is -2.26. The average molecular weight is 306 g/mol. The maximum absolute atomic E-state index is 6.00. The van der Waals surface area contributed by atoms with E-state index < -0.39 is 0 Å². The molecule has 1 aliphatic rings. The molecule has 114 valence electrons. The van der Waals surface area contributed by atoms with Gasteiger partial charge in [-0.15, -0.1) is 11.6 Å². The minimum atomic E-state index is 0.513. The zero-order valence-corrected chi connectivity index (χ0v) is 13.9. The Morgan fingerprint density at radius 3 is 2.86 bits per heavy atom. The van der Waals surface area contributed by atoms with Crippen molar-refractivity contribution in [3.63, 3.8) is 0 Å². The molecule has 0 bridgehead atoms. The first-order valence-corrected chi connectivity index (χ1v) is 8.53. The van der Waals surface area contributed by atoms with Crippen molar-refractivity contribution >= 4 is 22.8 Å². The Labute approximate surface area is 131 Å². The van der Waals surface area contributed by atoms with E-state index in [9.17, 15) is 0 Å². The molecule has 3 unspecified atom stereocenters. The smallest absolute Gasteiger partial charge is 0.160 e. The molecule has 2 heterocycles. The van der Waals surface area contributed by atoms with Gasteiger partial charge in [-0.05, 0) is 49.7 Å². The molecular weight excluding hydrogens is 282 g/mol. The molecule has 0 radical (unpaired) electrons. The molecule has 21 heavy (non-hydrogen) atoms. The highest BCUT2D eigenvalue weighted by Crippen LogP contribution is 2.39. The third-order valence-electron chi connectivity index (χ3n) is 4.89. The molecule has 2 aromatic rings. The van der Waals surface area contributed by atoms with Gasteiger partial charge in [-0.2, -0.15) is 0 Å². The van der Waals surface area contributed by atoms with Crippen LogP contribution in [0.25, 0.3) is 11.2 Å². The number of hydrogen-bond donors (Lipinski definition) is 0. The number of rotatable bonds is 3. The Kier molecular flexibility index (Phi) is 4.21. The Bertz CT molecular complexity index is 634. The van der Waals surface area contributed by atoms with E-state index in [4.69, 9.17) is 16.6 Å². The minimum absolute atomic E-state index is 0.513. The second kappa shape index (κ2) is 5.96. The number of alkyl halides is 1. The summed E-state index contributed by atoms with van der Waals surface area (Å²) in [6, 6.07) is 2.55. The average Bonchev–Trinajstić information content (AvgIpc) is 2.79. The molecule has 3 rings (SSSR count). The van der Waals surface area contributed by atoms with Crippen LogP contribution in [0.5, 0.6) is 0 Å². The largest absolute Gasteiger partial charge is 0.309 e. The van der Waals surface area contributed by atoms with E-state index >= 15 is 0 Å². The van der Waals surface area contributed by atoms with Crippen molar-refractivity contribution < 1.29 is 0 Å². The minimum Gasteiger partial charge on any atom is -0.309 e. The summed E-state index contributed by atoms with van der Waals surface area (Å²) in [5.41, 5.74) is 3.29. The standard InChI is InChI=1S/C17H24ClN3/c1-11-4-5-14(13(3)10-11)21-15(6-8-18)20-16-12(2)7-9-19-17(16)21/h7,9,11,13-14H,4-6,8,10H2,1-3H3. The summed E-state index contributed by atoms with van der Waals surface area (Å²) in [5.74, 6) is 3.22. The van der Waals surface area contributed by atoms with Crippen LogP contribution in [0.3, 0.4) is 0 Å². The molecule has 0 saturated heterocycles. The molecule has 0 spiro atoms. The van der Waals surface area contributed by atoms with Gasteiger partial charge in [0.15, 0.2) is 5.65 Å². The fraction of sp³-hybridized carbons (Fsp3) is 0.647. The van der Waals surface area contributed by atoms with Gasteiger partial charge >= 0.3 is 0 Å². The van der Waals surface area contributed by atoms with Gasteiger partial charge < -0.3 is 4.57 Å². The second-order valence-corrected chi connectivity index (χ2v) is 6.98. The van der Waals surface area contributed by atoms with Gasteiger partial charge in [-0.25, -0.2) is 9.97 Å². The van der Waals surface area contributed by atoms with Gasteiger partial charge in [-0.1, -0.05) is 13.8 Å². The van der Waals surface area contributed by atoms with E-state index in [1.807, 2.05) is 12.3 Å². The van der Waals surface area contributed by atoms with Crippen LogP contribution in [0.4, 0.5) is 0 Å². The highest BCUT2D eigenvalue weighted by Gasteiger charge is 2.30. The first-order valence-electron chi connectivity index (χ1n) is 8.00. The summed E-state index contributed by atoms with van der Waals surface area (Å²) in [7, 11) is 0. The molecular formula is C17H24ClN3. The van der Waals surface area contributed by atoms with Crippen LogP contribution in [-0.4, -0.2) is 20.4 Å². The molecule has 0 amide bonds. The van der Waals surface area contributed by atoms with Crippen molar-refractivity contribution in [2.24, 2.45) is 11.8 Å². The number of aryl methyl sites for hydroxylation is 2. The van der Waals surface area contributed by atoms with Crippen LogP contribution < -0.4 is 0 Å². The van der Waals surface area contributed by atoms with E-state index in [0.717, 1.165) is 29.3 Å². The van der Waals surface area contributed by atoms with E-state index in [0.29, 0.717) is 17.8 Å². The van der Waals surface area contributed by atoms with Crippen LogP contribution in [0.15, 0.2) is 12.3 Å². The zero-order chi connectivity index (χ0) is 15.0. The van der Waals surface area contributed by atoms with Crippen LogP contribution in [0.1, 0.15) is 50.5 Å². The maximum Gasteiger partial charge on any atom is 0.160 e. The Hall–Kier alpha value is -1.09. The first-order chi connectivity index (χ1) is 10.1. The SMILES string of the molecule is Cc1ccnc2c1nc(CCCl)n2C1CCC(C)CC1C. The zero-order valence-electron chi connectivity index (χ0n) is 13.1. The molecule has 1 fully saturated rings. The van der Waals surface area contributed by atoms with Crippen LogP contribution >= 0.6 is 11.6 Å². The van der Waals surface area contributed by atoms with Crippen molar-refractivity contribution in [1.29, 1.82) is 0 Å². The number of pyridine rings is 1. The number of halogens is 1. The molecule has 0 aromatic carbocycles. The number of aromatic nitrogens is 3. The Balaban J connectivity index is 2.11. The lowest BCUT2D eigenvalue weighted by atomic mass is 9.79. The Morgan fingerprint density at radius 1 is 1.33 bits per heavy atom. The number of hydrogen-bond acceptors (Lipinski definition) is 2. The van der Waals surface area contributed by atoms with Crippen LogP contribution in [0, 0.1) is 18.8 Å². The summed E-state index contributed by atoms with van der Waals surface area (Å²) in [4.78, 5) is 9.48. The third-order valence-corrected chi connectivity index (χ3v) is 5.08. The van der Waals surface area contributed by atoms with Gasteiger partial charge in [0.05, 0.1) is 0 Å². The van der Waals surface area contributed by atoms with Gasteiger partial charge in [0, 0.05) is 24.5 Å². The van der Waals surface area contributed by atoms with Crippen molar-refractivity contribution in [2.45, 2.75) is 52.5 Å². The van der Waals surface area contributed by atoms with Crippen molar-refractivity contribution in [1.82, 2.24) is 14.5 Å². The third kappa shape index (κ3) is 2.68. The molecule has 0 aliphatic heterocycles. The van der Waals surface area contributed by atoms with Gasteiger partial charge in [0.25, 0.3) is 0 Å². The van der Waals surface area contributed by atoms with Gasteiger partial charge in [-0.3, -0.25) is 0 Å². The van der Waals surface area contributed by atoms with Crippen molar-refractivity contribution in [2.75, 3.05) is 5.88 Å². The highest BCUT2D eigenvalue weighted by atomic mass is 35.5. The summed E-state index contributed by atoms with van der Waals surface area (Å²) in [6.07, 6.45) is 6.52. The predicted molar refractivity (Wildman–Crippen MR) is 87.9 cm³/mol.